The van der Waals surface area contributed by atoms with Crippen LogP contribution in [-0.4, -0.2) is 28.7 Å². The van der Waals surface area contributed by atoms with Crippen molar-refractivity contribution in [3.05, 3.63) is 0 Å². The van der Waals surface area contributed by atoms with Crippen molar-refractivity contribution in [2.45, 2.75) is 38.3 Å². The molecule has 2 fully saturated rings. The fourth-order valence-electron chi connectivity index (χ4n) is 2.41. The number of hydrogen-bond acceptors (Lipinski definition) is 3. The number of ether oxygens (including phenoxy) is 1. The normalized spacial score (nSPS) is 49.1. The Balaban J connectivity index is 2.11. The van der Waals surface area contributed by atoms with E-state index < -0.39 is 6.29 Å². The van der Waals surface area contributed by atoms with Crippen LogP contribution in [0.1, 0.15) is 19.8 Å². The highest BCUT2D eigenvalue weighted by molar-refractivity contribution is 4.94. The summed E-state index contributed by atoms with van der Waals surface area (Å²) >= 11 is 0. The minimum Gasteiger partial charge on any atom is -0.374 e. The lowest BCUT2D eigenvalue weighted by Crippen LogP contribution is -2.34. The van der Waals surface area contributed by atoms with Gasteiger partial charge in [-0.05, 0) is 18.8 Å². The zero-order valence-corrected chi connectivity index (χ0v) is 6.60. The smallest absolute Gasteiger partial charge is 0.157 e. The molecular weight excluding hydrogens is 144 g/mol. The summed E-state index contributed by atoms with van der Waals surface area (Å²) in [5.41, 5.74) is 0. The summed E-state index contributed by atoms with van der Waals surface area (Å²) in [5, 5.41) is 18.0. The van der Waals surface area contributed by atoms with Gasteiger partial charge in [0.15, 0.2) is 6.29 Å². The molecule has 0 aliphatic carbocycles. The fourth-order valence-corrected chi connectivity index (χ4v) is 2.41. The van der Waals surface area contributed by atoms with Gasteiger partial charge in [-0.3, -0.25) is 0 Å². The van der Waals surface area contributed by atoms with Gasteiger partial charge < -0.3 is 14.9 Å². The lowest BCUT2D eigenvalue weighted by Gasteiger charge is -2.25. The lowest BCUT2D eigenvalue weighted by atomic mass is 9.80. The van der Waals surface area contributed by atoms with Gasteiger partial charge >= 0.3 is 0 Å². The zero-order valence-electron chi connectivity index (χ0n) is 6.60. The van der Waals surface area contributed by atoms with Crippen molar-refractivity contribution in [1.29, 1.82) is 0 Å². The summed E-state index contributed by atoms with van der Waals surface area (Å²) in [7, 11) is 0. The fraction of sp³-hybridized carbons (Fsp3) is 1.00. The van der Waals surface area contributed by atoms with E-state index in [0.717, 1.165) is 12.8 Å². The zero-order chi connectivity index (χ0) is 8.01. The molecule has 0 saturated carbocycles. The summed E-state index contributed by atoms with van der Waals surface area (Å²) in [4.78, 5) is 0. The van der Waals surface area contributed by atoms with Crippen LogP contribution < -0.4 is 0 Å². The van der Waals surface area contributed by atoms with E-state index in [2.05, 4.69) is 0 Å². The molecule has 4 atom stereocenters. The van der Waals surface area contributed by atoms with Gasteiger partial charge in [0.1, 0.15) is 0 Å². The summed E-state index contributed by atoms with van der Waals surface area (Å²) < 4.78 is 5.54. The van der Waals surface area contributed by atoms with Crippen LogP contribution in [0.15, 0.2) is 0 Å². The van der Waals surface area contributed by atoms with Crippen LogP contribution in [0.5, 0.6) is 0 Å². The Hall–Kier alpha value is -0.120. The van der Waals surface area contributed by atoms with Crippen molar-refractivity contribution < 1.29 is 14.9 Å². The Morgan fingerprint density at radius 3 is 2.27 bits per heavy atom. The number of fused-ring (bicyclic) bond motifs is 2. The van der Waals surface area contributed by atoms with Crippen LogP contribution in [-0.2, 0) is 4.74 Å². The Morgan fingerprint density at radius 2 is 1.91 bits per heavy atom. The molecule has 11 heavy (non-hydrogen) atoms. The van der Waals surface area contributed by atoms with Gasteiger partial charge in [-0.15, -0.1) is 0 Å². The van der Waals surface area contributed by atoms with E-state index in [1.54, 1.807) is 0 Å². The molecule has 2 N–H and O–H groups in total. The Bertz CT molecular complexity index is 155. The average molecular weight is 158 g/mol. The minimum atomic E-state index is -1.19. The van der Waals surface area contributed by atoms with E-state index in [4.69, 9.17) is 14.9 Å². The molecule has 3 heteroatoms. The first-order chi connectivity index (χ1) is 5.20. The summed E-state index contributed by atoms with van der Waals surface area (Å²) in [6.07, 6.45) is 1.29. The van der Waals surface area contributed by atoms with Crippen LogP contribution in [0.2, 0.25) is 0 Å². The molecule has 64 valence electrons. The Morgan fingerprint density at radius 1 is 1.27 bits per heavy atom. The van der Waals surface area contributed by atoms with Crippen molar-refractivity contribution in [1.82, 2.24) is 0 Å². The minimum absolute atomic E-state index is 0.0475. The number of hydrogen-bond donors (Lipinski definition) is 2. The Kier molecular flexibility index (Phi) is 1.67. The largest absolute Gasteiger partial charge is 0.374 e. The molecule has 2 rings (SSSR count). The molecule has 4 unspecified atom stereocenters. The second-order valence-electron chi connectivity index (χ2n) is 3.64. The molecule has 0 aromatic rings. The van der Waals surface area contributed by atoms with Crippen molar-refractivity contribution in [2.24, 2.45) is 11.8 Å². The van der Waals surface area contributed by atoms with Crippen molar-refractivity contribution in [3.8, 4) is 0 Å². The first-order valence-electron chi connectivity index (χ1n) is 4.21. The number of aliphatic hydroxyl groups is 2. The van der Waals surface area contributed by atoms with Gasteiger partial charge in [0.25, 0.3) is 0 Å². The van der Waals surface area contributed by atoms with Crippen LogP contribution in [0.25, 0.3) is 0 Å². The number of rotatable bonds is 1. The van der Waals surface area contributed by atoms with E-state index in [1.807, 2.05) is 6.92 Å². The van der Waals surface area contributed by atoms with Crippen molar-refractivity contribution in [3.63, 3.8) is 0 Å². The van der Waals surface area contributed by atoms with Gasteiger partial charge in [0.2, 0.25) is 0 Å². The summed E-state index contributed by atoms with van der Waals surface area (Å²) in [5.74, 6) is 0.266. The quantitative estimate of drug-likeness (QED) is 0.532. The third-order valence-electron chi connectivity index (χ3n) is 3.05. The standard InChI is InChI=1S/C8H14O3/c1-4-5-2-3-6(11-5)7(4)8(9)10/h4-10H,2-3H2,1H3. The van der Waals surface area contributed by atoms with Crippen LogP contribution in [0.3, 0.4) is 0 Å². The molecule has 0 spiro atoms. The highest BCUT2D eigenvalue weighted by atomic mass is 16.5. The van der Waals surface area contributed by atoms with Gasteiger partial charge in [0, 0.05) is 5.92 Å². The summed E-state index contributed by atoms with van der Waals surface area (Å²) in [6, 6.07) is 0. The summed E-state index contributed by atoms with van der Waals surface area (Å²) in [6.45, 7) is 2.04. The maximum absolute atomic E-state index is 9.02. The van der Waals surface area contributed by atoms with Crippen LogP contribution in [0.4, 0.5) is 0 Å². The Labute approximate surface area is 66.0 Å². The SMILES string of the molecule is CC1C2CCC(O2)C1C(O)O. The van der Waals surface area contributed by atoms with E-state index in [0.29, 0.717) is 5.92 Å². The van der Waals surface area contributed by atoms with Crippen molar-refractivity contribution in [2.75, 3.05) is 0 Å². The maximum atomic E-state index is 9.02. The van der Waals surface area contributed by atoms with E-state index in [9.17, 15) is 0 Å². The molecule has 0 aromatic carbocycles. The molecule has 2 aliphatic heterocycles. The highest BCUT2D eigenvalue weighted by Crippen LogP contribution is 2.44. The molecule has 2 aliphatic rings. The topological polar surface area (TPSA) is 49.7 Å². The molecule has 0 aromatic heterocycles. The molecule has 0 amide bonds. The second-order valence-corrected chi connectivity index (χ2v) is 3.64. The predicted molar refractivity (Wildman–Crippen MR) is 38.8 cm³/mol. The molecule has 2 heterocycles. The van der Waals surface area contributed by atoms with E-state index in [1.165, 1.54) is 0 Å². The second kappa shape index (κ2) is 2.44. The van der Waals surface area contributed by atoms with E-state index >= 15 is 0 Å². The number of aliphatic hydroxyl groups excluding tert-OH is 1. The molecule has 3 nitrogen and oxygen atoms in total. The highest BCUT2D eigenvalue weighted by Gasteiger charge is 2.49. The average Bonchev–Trinajstić information content (AvgIpc) is 2.44. The molecule has 2 saturated heterocycles. The third-order valence-corrected chi connectivity index (χ3v) is 3.05. The van der Waals surface area contributed by atoms with Gasteiger partial charge in [-0.25, -0.2) is 0 Å². The molecule has 2 bridgehead atoms. The lowest BCUT2D eigenvalue weighted by molar-refractivity contribution is -0.108. The third kappa shape index (κ3) is 0.991. The van der Waals surface area contributed by atoms with Crippen LogP contribution >= 0.6 is 0 Å². The predicted octanol–water partition coefficient (Wildman–Crippen LogP) is 0.111. The molecular formula is C8H14O3. The van der Waals surface area contributed by atoms with Crippen molar-refractivity contribution >= 4 is 0 Å². The van der Waals surface area contributed by atoms with Gasteiger partial charge in [-0.2, -0.15) is 0 Å². The monoisotopic (exact) mass is 158 g/mol. The first-order valence-corrected chi connectivity index (χ1v) is 4.21. The first kappa shape index (κ1) is 7.53. The van der Waals surface area contributed by atoms with Gasteiger partial charge in [0.05, 0.1) is 12.2 Å². The van der Waals surface area contributed by atoms with Gasteiger partial charge in [-0.1, -0.05) is 6.92 Å². The molecule has 0 radical (unpaired) electrons. The van der Waals surface area contributed by atoms with Crippen LogP contribution in [0, 0.1) is 11.8 Å². The van der Waals surface area contributed by atoms with E-state index in [-0.39, 0.29) is 18.1 Å². The maximum Gasteiger partial charge on any atom is 0.157 e.